The van der Waals surface area contributed by atoms with Gasteiger partial charge in [0.1, 0.15) is 0 Å². The summed E-state index contributed by atoms with van der Waals surface area (Å²) in [5.41, 5.74) is 15.8. The normalized spacial score (nSPS) is 15.1. The Bertz CT molecular complexity index is 484. The minimum Gasteiger partial charge on any atom is -0.256 e. The van der Waals surface area contributed by atoms with Gasteiger partial charge in [-0.3, -0.25) is 9.13 Å². The van der Waals surface area contributed by atoms with Crippen LogP contribution in [0.5, 0.6) is 0 Å². The van der Waals surface area contributed by atoms with Gasteiger partial charge in [-0.05, 0) is 5.56 Å². The highest BCUT2D eigenvalue weighted by Crippen LogP contribution is 2.47. The molecule has 1 atom stereocenters. The maximum Gasteiger partial charge on any atom is 0.370 e. The standard InChI is InChI=1S/C7H14N4O5P2S/c8-17(9,12)16-18(10,13)11-14-15-19-6-7-4-2-1-3-5-7/h1-5H,6H2,(H4,8,9,12)(H3,10,11,13). The molecule has 0 aliphatic heterocycles. The molecule has 0 aliphatic carbocycles. The highest BCUT2D eigenvalue weighted by Gasteiger charge is 2.26. The van der Waals surface area contributed by atoms with Crippen molar-refractivity contribution in [1.82, 2.24) is 5.25 Å². The van der Waals surface area contributed by atoms with Crippen LogP contribution in [0.4, 0.5) is 0 Å². The summed E-state index contributed by atoms with van der Waals surface area (Å²) in [6.07, 6.45) is 0. The summed E-state index contributed by atoms with van der Waals surface area (Å²) in [4.78, 5) is 4.33. The number of nitrogens with two attached hydrogens (primary N) is 3. The van der Waals surface area contributed by atoms with Crippen molar-refractivity contribution in [1.29, 1.82) is 0 Å². The summed E-state index contributed by atoms with van der Waals surface area (Å²) in [7, 11) is -8.03. The van der Waals surface area contributed by atoms with Crippen molar-refractivity contribution in [3.8, 4) is 0 Å². The second-order valence-corrected chi connectivity index (χ2v) is 7.30. The lowest BCUT2D eigenvalue weighted by atomic mass is 10.2. The maximum absolute atomic E-state index is 11.4. The van der Waals surface area contributed by atoms with Crippen molar-refractivity contribution in [2.24, 2.45) is 16.5 Å². The van der Waals surface area contributed by atoms with E-state index in [9.17, 15) is 9.13 Å². The molecule has 108 valence electrons. The molecule has 0 radical (unpaired) electrons. The molecule has 1 unspecified atom stereocenters. The van der Waals surface area contributed by atoms with E-state index in [0.29, 0.717) is 5.75 Å². The molecule has 7 N–H and O–H groups in total. The second-order valence-electron chi connectivity index (χ2n) is 3.31. The Morgan fingerprint density at radius 3 is 2.37 bits per heavy atom. The van der Waals surface area contributed by atoms with Crippen LogP contribution in [-0.2, 0) is 28.5 Å². The molecular weight excluding hydrogens is 314 g/mol. The second kappa shape index (κ2) is 7.51. The highest BCUT2D eigenvalue weighted by molar-refractivity contribution is 7.93. The van der Waals surface area contributed by atoms with Crippen LogP contribution in [0, 0.1) is 0 Å². The summed E-state index contributed by atoms with van der Waals surface area (Å²) >= 11 is 0.917. The lowest BCUT2D eigenvalue weighted by Gasteiger charge is -2.14. The van der Waals surface area contributed by atoms with E-state index in [2.05, 4.69) is 13.6 Å². The van der Waals surface area contributed by atoms with Crippen LogP contribution >= 0.6 is 27.4 Å². The first-order chi connectivity index (χ1) is 8.79. The van der Waals surface area contributed by atoms with Gasteiger partial charge in [-0.25, -0.2) is 20.8 Å². The molecule has 19 heavy (non-hydrogen) atoms. The van der Waals surface area contributed by atoms with Gasteiger partial charge in [-0.2, -0.15) is 0 Å². The SMILES string of the molecule is NP(N)(=O)OP(N)(=O)NOOSCc1ccccc1. The fourth-order valence-electron chi connectivity index (χ4n) is 0.964. The molecule has 1 aromatic carbocycles. The summed E-state index contributed by atoms with van der Waals surface area (Å²) in [6, 6.07) is 9.40. The van der Waals surface area contributed by atoms with Crippen molar-refractivity contribution in [2.75, 3.05) is 0 Å². The van der Waals surface area contributed by atoms with Crippen LogP contribution in [0.15, 0.2) is 30.3 Å². The molecule has 0 bridgehead atoms. The van der Waals surface area contributed by atoms with E-state index in [0.717, 1.165) is 17.6 Å². The zero-order valence-corrected chi connectivity index (χ0v) is 12.3. The molecule has 0 saturated carbocycles. The van der Waals surface area contributed by atoms with Gasteiger partial charge < -0.3 is 0 Å². The zero-order chi connectivity index (χ0) is 14.4. The third-order valence-electron chi connectivity index (χ3n) is 1.56. The number of hydrogen-bond acceptors (Lipinski definition) is 6. The molecule has 1 aromatic rings. The van der Waals surface area contributed by atoms with E-state index >= 15 is 0 Å². The average molecular weight is 328 g/mol. The van der Waals surface area contributed by atoms with Gasteiger partial charge in [0.2, 0.25) is 0 Å². The van der Waals surface area contributed by atoms with Crippen LogP contribution in [-0.4, -0.2) is 0 Å². The largest absolute Gasteiger partial charge is 0.370 e. The summed E-state index contributed by atoms with van der Waals surface area (Å²) in [5.74, 6) is 0.491. The average Bonchev–Trinajstić information content (AvgIpc) is 2.26. The fourth-order valence-corrected chi connectivity index (χ4v) is 3.26. The van der Waals surface area contributed by atoms with Crippen LogP contribution in [0.2, 0.25) is 0 Å². The number of nitrogens with one attached hydrogen (secondary N) is 1. The predicted octanol–water partition coefficient (Wildman–Crippen LogP) is 1.40. The van der Waals surface area contributed by atoms with Crippen molar-refractivity contribution < 1.29 is 22.8 Å². The minimum atomic E-state index is -4.05. The molecular formula is C7H14N4O5P2S. The Labute approximate surface area is 114 Å². The van der Waals surface area contributed by atoms with Gasteiger partial charge in [0, 0.05) is 17.8 Å². The zero-order valence-electron chi connectivity index (χ0n) is 9.67. The maximum atomic E-state index is 11.4. The van der Waals surface area contributed by atoms with E-state index in [1.165, 1.54) is 0 Å². The Morgan fingerprint density at radius 1 is 1.16 bits per heavy atom. The summed E-state index contributed by atoms with van der Waals surface area (Å²) in [5, 5.41) is 1.74. The third-order valence-corrected chi connectivity index (χ3v) is 4.50. The topological polar surface area (TPSA) is 152 Å². The Morgan fingerprint density at radius 2 is 1.79 bits per heavy atom. The van der Waals surface area contributed by atoms with Crippen LogP contribution in [0.3, 0.4) is 0 Å². The van der Waals surface area contributed by atoms with Gasteiger partial charge in [0.05, 0.1) is 0 Å². The Hall–Kier alpha value is -0.250. The molecule has 0 heterocycles. The first-order valence-corrected chi connectivity index (χ1v) is 9.19. The number of hydrogen-bond donors (Lipinski definition) is 4. The van der Waals surface area contributed by atoms with Crippen molar-refractivity contribution >= 4 is 27.4 Å². The Balaban J connectivity index is 2.20. The van der Waals surface area contributed by atoms with E-state index in [1.54, 1.807) is 5.25 Å². The Kier molecular flexibility index (Phi) is 6.64. The number of rotatable bonds is 8. The quantitative estimate of drug-likeness (QED) is 0.181. The molecule has 12 heteroatoms. The van der Waals surface area contributed by atoms with E-state index in [-0.39, 0.29) is 0 Å². The lowest BCUT2D eigenvalue weighted by Crippen LogP contribution is -2.20. The first kappa shape index (κ1) is 16.8. The summed E-state index contributed by atoms with van der Waals surface area (Å²) < 4.78 is 31.0. The third kappa shape index (κ3) is 8.51. The van der Waals surface area contributed by atoms with E-state index < -0.39 is 15.3 Å². The predicted molar refractivity (Wildman–Crippen MR) is 71.9 cm³/mol. The number of benzene rings is 1. The van der Waals surface area contributed by atoms with Crippen molar-refractivity contribution in [3.05, 3.63) is 35.9 Å². The van der Waals surface area contributed by atoms with Gasteiger partial charge in [-0.1, -0.05) is 35.6 Å². The van der Waals surface area contributed by atoms with E-state index in [4.69, 9.17) is 16.5 Å². The molecule has 0 aliphatic rings. The smallest absolute Gasteiger partial charge is 0.256 e. The monoisotopic (exact) mass is 328 g/mol. The molecule has 0 spiro atoms. The van der Waals surface area contributed by atoms with Crippen molar-refractivity contribution in [3.63, 3.8) is 0 Å². The minimum absolute atomic E-state index is 0.491. The molecule has 9 nitrogen and oxygen atoms in total. The fraction of sp³-hybridized carbons (Fsp3) is 0.143. The van der Waals surface area contributed by atoms with Gasteiger partial charge in [-0.15, -0.1) is 9.32 Å². The van der Waals surface area contributed by atoms with Crippen LogP contribution < -0.4 is 21.8 Å². The molecule has 0 saturated heterocycles. The molecule has 0 aromatic heterocycles. The molecule has 1 rings (SSSR count). The van der Waals surface area contributed by atoms with E-state index in [1.807, 2.05) is 30.3 Å². The summed E-state index contributed by atoms with van der Waals surface area (Å²) in [6.45, 7) is 0. The van der Waals surface area contributed by atoms with Gasteiger partial charge >= 0.3 is 15.3 Å². The first-order valence-electron chi connectivity index (χ1n) is 4.82. The van der Waals surface area contributed by atoms with Gasteiger partial charge in [0.15, 0.2) is 0 Å². The molecule has 0 fully saturated rings. The van der Waals surface area contributed by atoms with Crippen molar-refractivity contribution in [2.45, 2.75) is 5.75 Å². The highest BCUT2D eigenvalue weighted by atomic mass is 32.2. The molecule has 0 amide bonds. The van der Waals surface area contributed by atoms with Gasteiger partial charge in [0.25, 0.3) is 0 Å². The lowest BCUT2D eigenvalue weighted by molar-refractivity contribution is -0.221. The van der Waals surface area contributed by atoms with Crippen LogP contribution in [0.1, 0.15) is 5.56 Å². The van der Waals surface area contributed by atoms with Crippen LogP contribution in [0.25, 0.3) is 0 Å².